The molecule has 2 nitrogen and oxygen atoms in total. The van der Waals surface area contributed by atoms with E-state index in [-0.39, 0.29) is 13.2 Å². The van der Waals surface area contributed by atoms with Crippen LogP contribution in [0.25, 0.3) is 0 Å². The molecular formula is C6H14O2. The van der Waals surface area contributed by atoms with Crippen LogP contribution in [-0.4, -0.2) is 12.6 Å². The minimum absolute atomic E-state index is 0. The van der Waals surface area contributed by atoms with Crippen molar-refractivity contribution in [1.82, 2.24) is 0 Å². The summed E-state index contributed by atoms with van der Waals surface area (Å²) in [5.41, 5.74) is 0. The largest absolute Gasteiger partial charge is 0.307 e. The van der Waals surface area contributed by atoms with Gasteiger partial charge in [-0.3, -0.25) is 0 Å². The molecule has 0 radical (unpaired) electrons. The van der Waals surface area contributed by atoms with Crippen molar-refractivity contribution in [3.63, 3.8) is 0 Å². The summed E-state index contributed by atoms with van der Waals surface area (Å²) in [4.78, 5) is 17.8. The fraction of sp³-hybridized carbons (Fsp3) is 0.667. The molecule has 50 valence electrons. The minimum Gasteiger partial charge on any atom is -0.307 e. The maximum atomic E-state index is 9.81. The topological polar surface area (TPSA) is 34.1 Å². The molecule has 0 aromatic heterocycles. The van der Waals surface area contributed by atoms with Crippen molar-refractivity contribution in [3.05, 3.63) is 0 Å². The smallest absolute Gasteiger partial charge is 0.129 e. The number of rotatable bonds is 1. The molecule has 0 bridgehead atoms. The summed E-state index contributed by atoms with van der Waals surface area (Å²) in [5.74, 6) is 0.255. The molecule has 0 rings (SSSR count). The number of hydrogen-bond acceptors (Lipinski definition) is 2. The molecule has 0 unspecified atom stereocenters. The Bertz CT molecular complexity index is 50.5. The lowest BCUT2D eigenvalue weighted by Gasteiger charge is -1.71. The molecule has 0 aliphatic rings. The van der Waals surface area contributed by atoms with Crippen LogP contribution < -0.4 is 0 Å². The fourth-order valence-electron chi connectivity index (χ4n) is 0. The van der Waals surface area contributed by atoms with Crippen LogP contribution in [0, 0.1) is 0 Å². The molecule has 0 saturated carbocycles. The van der Waals surface area contributed by atoms with Crippen LogP contribution in [0.1, 0.15) is 27.7 Å². The number of hydrogen-bond donors (Lipinski definition) is 0. The maximum Gasteiger partial charge on any atom is 0.129 e. The Morgan fingerprint density at radius 2 is 1.62 bits per heavy atom. The molecule has 0 saturated heterocycles. The first kappa shape index (κ1) is 15.7. The molecule has 0 aliphatic carbocycles. The van der Waals surface area contributed by atoms with Gasteiger partial charge >= 0.3 is 0 Å². The van der Waals surface area contributed by atoms with Gasteiger partial charge in [-0.15, -0.1) is 0 Å². The summed E-state index contributed by atoms with van der Waals surface area (Å²) < 4.78 is 0. The zero-order chi connectivity index (χ0) is 6.28. The van der Waals surface area contributed by atoms with E-state index in [0.717, 1.165) is 0 Å². The van der Waals surface area contributed by atoms with Crippen molar-refractivity contribution >= 4 is 12.6 Å². The Labute approximate surface area is 50.9 Å². The highest BCUT2D eigenvalue weighted by Crippen LogP contribution is 1.71. The molecule has 8 heavy (non-hydrogen) atoms. The number of Topliss-reactive ketones (excluding diaryl/α,β-unsaturated/α-hetero) is 1. The molecule has 0 spiro atoms. The van der Waals surface area contributed by atoms with Crippen LogP contribution in [0.4, 0.5) is 0 Å². The van der Waals surface area contributed by atoms with E-state index >= 15 is 0 Å². The normalized spacial score (nSPS) is 5.25. The summed E-state index contributed by atoms with van der Waals surface area (Å²) in [6, 6.07) is 0. The number of ketones is 1. The Balaban J connectivity index is -0.0000000750. The van der Waals surface area contributed by atoms with Gasteiger partial charge in [-0.05, 0) is 6.92 Å². The number of carbonyl (C=O) groups excluding carboxylic acids is 2. The standard InChI is InChI=1S/C4H8O.CH2O.CH4/c1-3-4(2)5;1-2;/h3H2,1-2H3;1H2;1H4. The van der Waals surface area contributed by atoms with E-state index in [2.05, 4.69) is 0 Å². The molecule has 2 heteroatoms. The summed E-state index contributed by atoms with van der Waals surface area (Å²) in [6.45, 7) is 5.43. The number of carbonyl (C=O) groups is 2. The lowest BCUT2D eigenvalue weighted by molar-refractivity contribution is -0.116. The van der Waals surface area contributed by atoms with Crippen molar-refractivity contribution in [2.24, 2.45) is 0 Å². The molecule has 0 aliphatic heterocycles. The van der Waals surface area contributed by atoms with Gasteiger partial charge in [-0.1, -0.05) is 14.4 Å². The van der Waals surface area contributed by atoms with Crippen LogP contribution in [0.3, 0.4) is 0 Å². The second-order valence-electron chi connectivity index (χ2n) is 1.06. The Hall–Kier alpha value is -0.660. The zero-order valence-electron chi connectivity index (χ0n) is 4.73. The van der Waals surface area contributed by atoms with E-state index in [1.165, 1.54) is 0 Å². The van der Waals surface area contributed by atoms with Crippen molar-refractivity contribution in [2.75, 3.05) is 0 Å². The molecule has 0 N–H and O–H groups in total. The average molecular weight is 118 g/mol. The van der Waals surface area contributed by atoms with E-state index in [4.69, 9.17) is 4.79 Å². The Morgan fingerprint density at radius 3 is 1.62 bits per heavy atom. The zero-order valence-corrected chi connectivity index (χ0v) is 4.73. The van der Waals surface area contributed by atoms with Crippen LogP contribution in [0.5, 0.6) is 0 Å². The summed E-state index contributed by atoms with van der Waals surface area (Å²) in [5, 5.41) is 0. The fourth-order valence-corrected chi connectivity index (χ4v) is 0. The van der Waals surface area contributed by atoms with Crippen LogP contribution in [0.2, 0.25) is 0 Å². The molecule has 0 aromatic rings. The summed E-state index contributed by atoms with van der Waals surface area (Å²) in [6.07, 6.45) is 0.667. The molecule has 0 atom stereocenters. The van der Waals surface area contributed by atoms with Gasteiger partial charge in [-0.25, -0.2) is 0 Å². The van der Waals surface area contributed by atoms with Gasteiger partial charge in [0, 0.05) is 6.42 Å². The third-order valence-electron chi connectivity index (χ3n) is 0.498. The average Bonchev–Trinajstić information content (AvgIpc) is 1.73. The molecule has 0 aromatic carbocycles. The molecule has 0 fully saturated rings. The Kier molecular flexibility index (Phi) is 31.7. The van der Waals surface area contributed by atoms with Gasteiger partial charge in [0.25, 0.3) is 0 Å². The predicted octanol–water partition coefficient (Wildman–Crippen LogP) is 1.44. The predicted molar refractivity (Wildman–Crippen MR) is 34.8 cm³/mol. The monoisotopic (exact) mass is 118 g/mol. The first-order chi connectivity index (χ1) is 3.27. The van der Waals surface area contributed by atoms with Crippen LogP contribution in [-0.2, 0) is 9.59 Å². The van der Waals surface area contributed by atoms with Gasteiger partial charge in [0.15, 0.2) is 0 Å². The highest BCUT2D eigenvalue weighted by atomic mass is 16.1. The van der Waals surface area contributed by atoms with Crippen molar-refractivity contribution in [2.45, 2.75) is 27.7 Å². The second kappa shape index (κ2) is 16.2. The third-order valence-corrected chi connectivity index (χ3v) is 0.498. The Morgan fingerprint density at radius 1 is 1.50 bits per heavy atom. The van der Waals surface area contributed by atoms with Crippen LogP contribution >= 0.6 is 0 Å². The van der Waals surface area contributed by atoms with E-state index in [0.29, 0.717) is 6.42 Å². The first-order valence-corrected chi connectivity index (χ1v) is 2.05. The summed E-state index contributed by atoms with van der Waals surface area (Å²) in [7, 11) is 0. The van der Waals surface area contributed by atoms with Crippen LogP contribution in [0.15, 0.2) is 0 Å². The van der Waals surface area contributed by atoms with E-state index in [1.807, 2.05) is 13.7 Å². The SMILES string of the molecule is C.C=O.CCC(C)=O. The second-order valence-corrected chi connectivity index (χ2v) is 1.06. The maximum absolute atomic E-state index is 9.81. The molecule has 0 amide bonds. The van der Waals surface area contributed by atoms with Gasteiger partial charge < -0.3 is 9.59 Å². The van der Waals surface area contributed by atoms with E-state index < -0.39 is 0 Å². The van der Waals surface area contributed by atoms with Gasteiger partial charge in [0.2, 0.25) is 0 Å². The summed E-state index contributed by atoms with van der Waals surface area (Å²) >= 11 is 0. The van der Waals surface area contributed by atoms with E-state index in [9.17, 15) is 4.79 Å². The van der Waals surface area contributed by atoms with Crippen molar-refractivity contribution < 1.29 is 9.59 Å². The highest BCUT2D eigenvalue weighted by Gasteiger charge is 1.76. The highest BCUT2D eigenvalue weighted by molar-refractivity contribution is 5.74. The first-order valence-electron chi connectivity index (χ1n) is 2.05. The van der Waals surface area contributed by atoms with Gasteiger partial charge in [-0.2, -0.15) is 0 Å². The molecular weight excluding hydrogens is 104 g/mol. The minimum atomic E-state index is 0. The lowest BCUT2D eigenvalue weighted by Crippen LogP contribution is -1.80. The van der Waals surface area contributed by atoms with E-state index in [1.54, 1.807) is 6.92 Å². The lowest BCUT2D eigenvalue weighted by atomic mass is 10.4. The quantitative estimate of drug-likeness (QED) is 0.522. The van der Waals surface area contributed by atoms with Crippen molar-refractivity contribution in [1.29, 1.82) is 0 Å². The van der Waals surface area contributed by atoms with Gasteiger partial charge in [0.05, 0.1) is 0 Å². The third kappa shape index (κ3) is 56.0. The molecule has 0 heterocycles. The van der Waals surface area contributed by atoms with Crippen molar-refractivity contribution in [3.8, 4) is 0 Å². The van der Waals surface area contributed by atoms with Gasteiger partial charge in [0.1, 0.15) is 12.6 Å².